The minimum Gasteiger partial charge on any atom is -0.326 e. The average molecular weight is 545 g/mol. The molecule has 1 unspecified atom stereocenters. The molecule has 1 saturated heterocycles. The SMILES string of the molecule is CC(=O)c1nn(CC(=O)N2[C@@H]3CC3C[C@H]2C(=O)Nc2c(F)cccc2-c2ccccc2Cl)c2ccc(C)cc12. The van der Waals surface area contributed by atoms with Gasteiger partial charge >= 0.3 is 0 Å². The maximum Gasteiger partial charge on any atom is 0.247 e. The van der Waals surface area contributed by atoms with Gasteiger partial charge in [0.15, 0.2) is 5.78 Å². The van der Waals surface area contributed by atoms with Crippen LogP contribution in [0.2, 0.25) is 5.02 Å². The number of Topliss-reactive ketones (excluding diaryl/α,β-unsaturated/α-hetero) is 1. The minimum absolute atomic E-state index is 0.0307. The Morgan fingerprint density at radius 3 is 2.59 bits per heavy atom. The van der Waals surface area contributed by atoms with Crippen LogP contribution in [0.3, 0.4) is 0 Å². The number of carbonyl (C=O) groups is 3. The Morgan fingerprint density at radius 1 is 1.05 bits per heavy atom. The number of hydrogen-bond donors (Lipinski definition) is 1. The third-order valence-electron chi connectivity index (χ3n) is 7.65. The number of carbonyl (C=O) groups excluding carboxylic acids is 3. The summed E-state index contributed by atoms with van der Waals surface area (Å²) in [5.74, 6) is -1.24. The lowest BCUT2D eigenvalue weighted by atomic mass is 10.0. The van der Waals surface area contributed by atoms with Crippen molar-refractivity contribution in [3.63, 3.8) is 0 Å². The molecule has 1 saturated carbocycles. The highest BCUT2D eigenvalue weighted by molar-refractivity contribution is 6.33. The second kappa shape index (κ2) is 9.61. The number of likely N-dealkylation sites (tertiary alicyclic amines) is 1. The first-order valence-electron chi connectivity index (χ1n) is 12.9. The van der Waals surface area contributed by atoms with Gasteiger partial charge in [-0.3, -0.25) is 19.1 Å². The van der Waals surface area contributed by atoms with E-state index < -0.39 is 17.8 Å². The summed E-state index contributed by atoms with van der Waals surface area (Å²) in [7, 11) is 0. The Bertz CT molecular complexity index is 1670. The number of amides is 2. The van der Waals surface area contributed by atoms with E-state index in [9.17, 15) is 14.4 Å². The Kier molecular flexibility index (Phi) is 6.22. The van der Waals surface area contributed by atoms with Gasteiger partial charge in [0.1, 0.15) is 24.1 Å². The van der Waals surface area contributed by atoms with Gasteiger partial charge in [0.25, 0.3) is 0 Å². The first-order chi connectivity index (χ1) is 18.7. The smallest absolute Gasteiger partial charge is 0.247 e. The summed E-state index contributed by atoms with van der Waals surface area (Å²) in [5.41, 5.74) is 3.07. The van der Waals surface area contributed by atoms with E-state index in [0.717, 1.165) is 12.0 Å². The maximum atomic E-state index is 15.0. The number of aromatic nitrogens is 2. The molecule has 4 aromatic rings. The molecule has 3 atom stereocenters. The van der Waals surface area contributed by atoms with Crippen molar-refractivity contribution in [3.8, 4) is 11.1 Å². The molecule has 6 rings (SSSR count). The van der Waals surface area contributed by atoms with E-state index in [1.54, 1.807) is 41.3 Å². The lowest BCUT2D eigenvalue weighted by molar-refractivity contribution is -0.138. The minimum atomic E-state index is -0.740. The second-order valence-corrected chi connectivity index (χ2v) is 10.7. The van der Waals surface area contributed by atoms with Gasteiger partial charge in [-0.25, -0.2) is 4.39 Å². The fourth-order valence-corrected chi connectivity index (χ4v) is 5.93. The van der Waals surface area contributed by atoms with Crippen molar-refractivity contribution < 1.29 is 18.8 Å². The number of hydrogen-bond acceptors (Lipinski definition) is 4. The van der Waals surface area contributed by atoms with Crippen LogP contribution in [0.1, 0.15) is 35.8 Å². The first kappa shape index (κ1) is 25.2. The number of piperidine rings is 1. The normalized spacial score (nSPS) is 19.7. The van der Waals surface area contributed by atoms with Crippen molar-refractivity contribution in [2.45, 2.75) is 45.3 Å². The van der Waals surface area contributed by atoms with Crippen LogP contribution >= 0.6 is 11.6 Å². The Labute approximate surface area is 229 Å². The highest BCUT2D eigenvalue weighted by Crippen LogP contribution is 2.48. The molecule has 2 amide bonds. The summed E-state index contributed by atoms with van der Waals surface area (Å²) >= 11 is 6.37. The fraction of sp³-hybridized carbons (Fsp3) is 0.267. The van der Waals surface area contributed by atoms with Crippen LogP contribution in [0.25, 0.3) is 22.0 Å². The molecule has 1 aliphatic heterocycles. The van der Waals surface area contributed by atoms with Crippen LogP contribution < -0.4 is 5.32 Å². The molecule has 2 aliphatic rings. The highest BCUT2D eigenvalue weighted by atomic mass is 35.5. The summed E-state index contributed by atoms with van der Waals surface area (Å²) in [6.07, 6.45) is 1.34. The third kappa shape index (κ3) is 4.48. The largest absolute Gasteiger partial charge is 0.326 e. The predicted molar refractivity (Wildman–Crippen MR) is 147 cm³/mol. The molecule has 198 valence electrons. The van der Waals surface area contributed by atoms with Gasteiger partial charge in [-0.05, 0) is 49.9 Å². The zero-order valence-corrected chi connectivity index (χ0v) is 22.2. The molecular formula is C30H26ClFN4O3. The van der Waals surface area contributed by atoms with Crippen molar-refractivity contribution >= 4 is 45.8 Å². The van der Waals surface area contributed by atoms with E-state index in [-0.39, 0.29) is 35.9 Å². The molecule has 9 heteroatoms. The van der Waals surface area contributed by atoms with Gasteiger partial charge < -0.3 is 10.2 Å². The molecular weight excluding hydrogens is 519 g/mol. The summed E-state index contributed by atoms with van der Waals surface area (Å²) in [4.78, 5) is 41.0. The monoisotopic (exact) mass is 544 g/mol. The number of ketones is 1. The van der Waals surface area contributed by atoms with E-state index in [1.165, 1.54) is 17.7 Å². The summed E-state index contributed by atoms with van der Waals surface area (Å²) in [6.45, 7) is 3.27. The second-order valence-electron chi connectivity index (χ2n) is 10.3. The molecule has 0 bridgehead atoms. The number of halogens is 2. The quantitative estimate of drug-likeness (QED) is 0.319. The van der Waals surface area contributed by atoms with E-state index in [2.05, 4.69) is 10.4 Å². The number of benzene rings is 3. The van der Waals surface area contributed by atoms with Gasteiger partial charge in [0, 0.05) is 34.5 Å². The number of fused-ring (bicyclic) bond motifs is 2. The van der Waals surface area contributed by atoms with E-state index in [0.29, 0.717) is 39.2 Å². The van der Waals surface area contributed by atoms with Crippen molar-refractivity contribution in [3.05, 3.63) is 82.8 Å². The topological polar surface area (TPSA) is 84.3 Å². The number of nitrogens with one attached hydrogen (secondary N) is 1. The maximum absolute atomic E-state index is 15.0. The molecule has 1 N–H and O–H groups in total. The summed E-state index contributed by atoms with van der Waals surface area (Å²) < 4.78 is 16.5. The van der Waals surface area contributed by atoms with Gasteiger partial charge in [0.05, 0.1) is 11.2 Å². The van der Waals surface area contributed by atoms with Crippen molar-refractivity contribution in [2.75, 3.05) is 5.32 Å². The molecule has 39 heavy (non-hydrogen) atoms. The van der Waals surface area contributed by atoms with Crippen LogP contribution in [0.4, 0.5) is 10.1 Å². The molecule has 7 nitrogen and oxygen atoms in total. The highest BCUT2D eigenvalue weighted by Gasteiger charge is 2.56. The van der Waals surface area contributed by atoms with Gasteiger partial charge in [-0.15, -0.1) is 0 Å². The number of rotatable bonds is 6. The predicted octanol–water partition coefficient (Wildman–Crippen LogP) is 5.63. The number of nitrogens with zero attached hydrogens (tertiary/aromatic N) is 3. The van der Waals surface area contributed by atoms with Gasteiger partial charge in [-0.2, -0.15) is 5.10 Å². The van der Waals surface area contributed by atoms with E-state index >= 15 is 4.39 Å². The zero-order valence-electron chi connectivity index (χ0n) is 21.4. The van der Waals surface area contributed by atoms with Crippen LogP contribution in [0.15, 0.2) is 60.7 Å². The number of para-hydroxylation sites is 1. The number of anilines is 1. The lowest BCUT2D eigenvalue weighted by Gasteiger charge is -2.27. The zero-order chi connectivity index (χ0) is 27.4. The molecule has 3 aromatic carbocycles. The fourth-order valence-electron chi connectivity index (χ4n) is 5.69. The molecule has 0 radical (unpaired) electrons. The van der Waals surface area contributed by atoms with Crippen LogP contribution in [-0.4, -0.2) is 44.4 Å². The molecule has 0 spiro atoms. The summed E-state index contributed by atoms with van der Waals surface area (Å²) in [6, 6.07) is 16.4. The molecule has 1 aliphatic carbocycles. The van der Waals surface area contributed by atoms with Crippen molar-refractivity contribution in [1.82, 2.24) is 14.7 Å². The molecule has 2 fully saturated rings. The lowest BCUT2D eigenvalue weighted by Crippen LogP contribution is -2.46. The molecule has 2 heterocycles. The summed E-state index contributed by atoms with van der Waals surface area (Å²) in [5, 5.41) is 8.33. The van der Waals surface area contributed by atoms with Crippen LogP contribution in [0.5, 0.6) is 0 Å². The standard InChI is InChI=1S/C30H26ClFN4O3/c1-16-10-11-24-21(12-16)28(17(2)37)34-35(24)15-27(38)36-25-13-18(25)14-26(36)30(39)33-29-20(7-5-9-23(29)32)19-6-3-4-8-22(19)31/h3-12,18,25-26H,13-15H2,1-2H3,(H,33,39)/t18?,25-,26+/m1/s1. The molecule has 1 aromatic heterocycles. The van der Waals surface area contributed by atoms with Crippen molar-refractivity contribution in [2.24, 2.45) is 5.92 Å². The Hall–Kier alpha value is -4.04. The van der Waals surface area contributed by atoms with Crippen LogP contribution in [-0.2, 0) is 16.1 Å². The first-order valence-corrected chi connectivity index (χ1v) is 13.2. The average Bonchev–Trinajstić information content (AvgIpc) is 3.41. The van der Waals surface area contributed by atoms with E-state index in [1.807, 2.05) is 25.1 Å². The van der Waals surface area contributed by atoms with Crippen LogP contribution in [0, 0.1) is 18.7 Å². The van der Waals surface area contributed by atoms with E-state index in [4.69, 9.17) is 11.6 Å². The Morgan fingerprint density at radius 2 is 1.82 bits per heavy atom. The van der Waals surface area contributed by atoms with Crippen molar-refractivity contribution in [1.29, 1.82) is 0 Å². The number of aryl methyl sites for hydroxylation is 1. The Balaban J connectivity index is 1.28. The van der Waals surface area contributed by atoms with Gasteiger partial charge in [-0.1, -0.05) is 53.6 Å². The van der Waals surface area contributed by atoms with Gasteiger partial charge in [0.2, 0.25) is 11.8 Å². The third-order valence-corrected chi connectivity index (χ3v) is 7.97.